The molecule has 0 spiro atoms. The van der Waals surface area contributed by atoms with Crippen molar-refractivity contribution < 1.29 is 9.90 Å². The Morgan fingerprint density at radius 2 is 2.10 bits per heavy atom. The number of hydrogen-bond donors (Lipinski definition) is 2. The highest BCUT2D eigenvalue weighted by Crippen LogP contribution is 2.30. The third-order valence-corrected chi connectivity index (χ3v) is 4.28. The maximum atomic E-state index is 11.4. The average Bonchev–Trinajstić information content (AvgIpc) is 3.18. The highest BCUT2D eigenvalue weighted by Gasteiger charge is 2.32. The van der Waals surface area contributed by atoms with Gasteiger partial charge in [0.25, 0.3) is 0 Å². The van der Waals surface area contributed by atoms with E-state index in [2.05, 4.69) is 31.0 Å². The maximum Gasteiger partial charge on any atom is 0.323 e. The van der Waals surface area contributed by atoms with Crippen molar-refractivity contribution in [2.24, 2.45) is 5.92 Å². The summed E-state index contributed by atoms with van der Waals surface area (Å²) in [6, 6.07) is 0.551. The summed E-state index contributed by atoms with van der Waals surface area (Å²) >= 11 is 0. The first-order valence-corrected chi connectivity index (χ1v) is 8.11. The van der Waals surface area contributed by atoms with Crippen LogP contribution in [0.4, 0.5) is 0 Å². The molecule has 1 unspecified atom stereocenters. The van der Waals surface area contributed by atoms with Gasteiger partial charge in [-0.3, -0.25) is 4.79 Å². The van der Waals surface area contributed by atoms with Gasteiger partial charge in [0.2, 0.25) is 0 Å². The van der Waals surface area contributed by atoms with Gasteiger partial charge in [-0.25, -0.2) is 0 Å². The molecule has 1 aliphatic rings. The highest BCUT2D eigenvalue weighted by atomic mass is 16.4. The van der Waals surface area contributed by atoms with Gasteiger partial charge < -0.3 is 15.3 Å². The quantitative estimate of drug-likeness (QED) is 0.612. The SMILES string of the molecule is CCCNC(C)(CCCN(CC1CC1)C(C)C)C(=O)O. The molecule has 0 aromatic heterocycles. The van der Waals surface area contributed by atoms with Crippen molar-refractivity contribution in [3.05, 3.63) is 0 Å². The van der Waals surface area contributed by atoms with Crippen molar-refractivity contribution in [3.63, 3.8) is 0 Å². The summed E-state index contributed by atoms with van der Waals surface area (Å²) < 4.78 is 0. The van der Waals surface area contributed by atoms with Gasteiger partial charge >= 0.3 is 5.97 Å². The number of nitrogens with zero attached hydrogens (tertiary/aromatic N) is 1. The summed E-state index contributed by atoms with van der Waals surface area (Å²) in [5.41, 5.74) is -0.780. The van der Waals surface area contributed by atoms with E-state index in [1.807, 2.05) is 6.92 Å². The fourth-order valence-corrected chi connectivity index (χ4v) is 2.50. The summed E-state index contributed by atoms with van der Waals surface area (Å²) in [6.45, 7) is 11.3. The van der Waals surface area contributed by atoms with Crippen LogP contribution in [0.25, 0.3) is 0 Å². The second-order valence-electron chi connectivity index (χ2n) is 6.70. The second kappa shape index (κ2) is 7.99. The fraction of sp³-hybridized carbons (Fsp3) is 0.938. The van der Waals surface area contributed by atoms with Crippen LogP contribution in [0, 0.1) is 5.92 Å². The molecule has 0 amide bonds. The van der Waals surface area contributed by atoms with Crippen molar-refractivity contribution in [3.8, 4) is 0 Å². The van der Waals surface area contributed by atoms with E-state index in [9.17, 15) is 9.90 Å². The first-order chi connectivity index (χ1) is 9.39. The summed E-state index contributed by atoms with van der Waals surface area (Å²) in [6.07, 6.45) is 5.32. The van der Waals surface area contributed by atoms with Crippen LogP contribution in [-0.4, -0.2) is 47.2 Å². The summed E-state index contributed by atoms with van der Waals surface area (Å²) in [7, 11) is 0. The Bertz CT molecular complexity index is 303. The van der Waals surface area contributed by atoms with E-state index in [1.54, 1.807) is 0 Å². The Kier molecular flexibility index (Phi) is 6.96. The summed E-state index contributed by atoms with van der Waals surface area (Å²) in [5, 5.41) is 12.6. The predicted molar refractivity (Wildman–Crippen MR) is 83.0 cm³/mol. The Morgan fingerprint density at radius 1 is 1.45 bits per heavy atom. The lowest BCUT2D eigenvalue weighted by Gasteiger charge is -2.30. The highest BCUT2D eigenvalue weighted by molar-refractivity contribution is 5.78. The van der Waals surface area contributed by atoms with Gasteiger partial charge in [0.15, 0.2) is 0 Å². The smallest absolute Gasteiger partial charge is 0.323 e. The average molecular weight is 284 g/mol. The summed E-state index contributed by atoms with van der Waals surface area (Å²) in [4.78, 5) is 13.9. The van der Waals surface area contributed by atoms with Crippen molar-refractivity contribution in [1.29, 1.82) is 0 Å². The summed E-state index contributed by atoms with van der Waals surface area (Å²) in [5.74, 6) is 0.158. The Hall–Kier alpha value is -0.610. The number of rotatable bonds is 11. The lowest BCUT2D eigenvalue weighted by Crippen LogP contribution is -2.50. The molecule has 1 saturated carbocycles. The zero-order chi connectivity index (χ0) is 15.2. The molecule has 0 aromatic carbocycles. The third kappa shape index (κ3) is 5.80. The first kappa shape index (κ1) is 17.4. The lowest BCUT2D eigenvalue weighted by molar-refractivity contribution is -0.144. The molecule has 0 aromatic rings. The van der Waals surface area contributed by atoms with Gasteiger partial charge in [0.1, 0.15) is 5.54 Å². The topological polar surface area (TPSA) is 52.6 Å². The van der Waals surface area contributed by atoms with E-state index < -0.39 is 11.5 Å². The molecule has 0 saturated heterocycles. The van der Waals surface area contributed by atoms with Crippen molar-refractivity contribution in [2.75, 3.05) is 19.6 Å². The van der Waals surface area contributed by atoms with E-state index in [0.29, 0.717) is 12.5 Å². The van der Waals surface area contributed by atoms with E-state index in [1.165, 1.54) is 19.4 Å². The van der Waals surface area contributed by atoms with Crippen LogP contribution >= 0.6 is 0 Å². The van der Waals surface area contributed by atoms with Gasteiger partial charge in [-0.2, -0.15) is 0 Å². The third-order valence-electron chi connectivity index (χ3n) is 4.28. The molecule has 0 heterocycles. The monoisotopic (exact) mass is 284 g/mol. The molecule has 20 heavy (non-hydrogen) atoms. The van der Waals surface area contributed by atoms with Crippen LogP contribution in [0.5, 0.6) is 0 Å². The van der Waals surface area contributed by atoms with Crippen molar-refractivity contribution in [2.45, 2.75) is 71.4 Å². The molecule has 118 valence electrons. The Labute approximate surface area is 123 Å². The standard InChI is InChI=1S/C16H32N2O2/c1-5-10-17-16(4,15(19)20)9-6-11-18(13(2)3)12-14-7-8-14/h13-14,17H,5-12H2,1-4H3,(H,19,20). The molecule has 1 fully saturated rings. The number of carbonyl (C=O) groups is 1. The maximum absolute atomic E-state index is 11.4. The van der Waals surface area contributed by atoms with E-state index in [0.717, 1.165) is 31.8 Å². The molecule has 2 N–H and O–H groups in total. The van der Waals surface area contributed by atoms with Crippen LogP contribution in [0.2, 0.25) is 0 Å². The molecule has 1 atom stereocenters. The predicted octanol–water partition coefficient (Wildman–Crippen LogP) is 2.73. The van der Waals surface area contributed by atoms with Gasteiger partial charge in [-0.05, 0) is 71.9 Å². The number of hydrogen-bond acceptors (Lipinski definition) is 3. The largest absolute Gasteiger partial charge is 0.480 e. The molecule has 1 aliphatic carbocycles. The van der Waals surface area contributed by atoms with Crippen molar-refractivity contribution in [1.82, 2.24) is 10.2 Å². The Balaban J connectivity index is 2.38. The molecule has 4 heteroatoms. The van der Waals surface area contributed by atoms with E-state index in [4.69, 9.17) is 0 Å². The minimum atomic E-state index is -0.780. The van der Waals surface area contributed by atoms with Crippen LogP contribution < -0.4 is 5.32 Å². The van der Waals surface area contributed by atoms with Gasteiger partial charge in [0, 0.05) is 12.6 Å². The molecule has 0 aliphatic heterocycles. The zero-order valence-electron chi connectivity index (χ0n) is 13.6. The van der Waals surface area contributed by atoms with Crippen LogP contribution in [0.15, 0.2) is 0 Å². The second-order valence-corrected chi connectivity index (χ2v) is 6.70. The number of carboxylic acids is 1. The molecular weight excluding hydrogens is 252 g/mol. The minimum absolute atomic E-state index is 0.551. The van der Waals surface area contributed by atoms with Gasteiger partial charge in [-0.15, -0.1) is 0 Å². The molecule has 4 nitrogen and oxygen atoms in total. The lowest BCUT2D eigenvalue weighted by atomic mass is 9.95. The van der Waals surface area contributed by atoms with Crippen LogP contribution in [0.3, 0.4) is 0 Å². The molecule has 0 bridgehead atoms. The number of nitrogens with one attached hydrogen (secondary N) is 1. The zero-order valence-corrected chi connectivity index (χ0v) is 13.6. The van der Waals surface area contributed by atoms with Crippen LogP contribution in [0.1, 0.15) is 59.8 Å². The molecule has 0 radical (unpaired) electrons. The van der Waals surface area contributed by atoms with E-state index in [-0.39, 0.29) is 0 Å². The number of aliphatic carboxylic acids is 1. The van der Waals surface area contributed by atoms with Crippen molar-refractivity contribution >= 4 is 5.97 Å². The normalized spacial score (nSPS) is 18.5. The molecule has 1 rings (SSSR count). The minimum Gasteiger partial charge on any atom is -0.480 e. The van der Waals surface area contributed by atoms with Gasteiger partial charge in [-0.1, -0.05) is 6.92 Å². The first-order valence-electron chi connectivity index (χ1n) is 8.11. The Morgan fingerprint density at radius 3 is 2.55 bits per heavy atom. The number of carboxylic acid groups (broad SMARTS) is 1. The van der Waals surface area contributed by atoms with Crippen LogP contribution in [-0.2, 0) is 4.79 Å². The van der Waals surface area contributed by atoms with Gasteiger partial charge in [0.05, 0.1) is 0 Å². The fourth-order valence-electron chi connectivity index (χ4n) is 2.50. The van der Waals surface area contributed by atoms with E-state index >= 15 is 0 Å². The molecular formula is C16H32N2O2.